The number of hydrogen-bond acceptors (Lipinski definition) is 3. The highest BCUT2D eigenvalue weighted by atomic mass is 79.9. The van der Waals surface area contributed by atoms with Crippen molar-refractivity contribution >= 4 is 38.3 Å². The lowest BCUT2D eigenvalue weighted by molar-refractivity contribution is -0.126. The second kappa shape index (κ2) is 6.83. The van der Waals surface area contributed by atoms with E-state index in [4.69, 9.17) is 0 Å². The number of nitrogens with zero attached hydrogens (tertiary/aromatic N) is 1. The number of aromatic nitrogens is 1. The number of hydrogen-bond donors (Lipinski definition) is 3. The zero-order valence-corrected chi connectivity index (χ0v) is 16.6. The van der Waals surface area contributed by atoms with E-state index < -0.39 is 0 Å². The molecule has 1 aliphatic carbocycles. The number of nitrogens with one attached hydrogen (secondary N) is 2. The fourth-order valence-corrected chi connectivity index (χ4v) is 4.86. The van der Waals surface area contributed by atoms with Crippen molar-refractivity contribution in [3.05, 3.63) is 40.0 Å². The van der Waals surface area contributed by atoms with E-state index in [9.17, 15) is 9.90 Å². The fraction of sp³-hybridized carbons (Fsp3) is 0.450. The van der Waals surface area contributed by atoms with E-state index in [-0.39, 0.29) is 24.5 Å². The van der Waals surface area contributed by atoms with Crippen molar-refractivity contribution in [3.8, 4) is 0 Å². The van der Waals surface area contributed by atoms with E-state index in [2.05, 4.69) is 62.5 Å². The lowest BCUT2D eigenvalue weighted by Crippen LogP contribution is -2.51. The number of aliphatic hydroxyl groups excluding tert-OH is 1. The zero-order chi connectivity index (χ0) is 18.4. The van der Waals surface area contributed by atoms with Gasteiger partial charge in [0.15, 0.2) is 0 Å². The lowest BCUT2D eigenvalue weighted by Gasteiger charge is -2.40. The van der Waals surface area contributed by atoms with Gasteiger partial charge < -0.3 is 15.4 Å². The summed E-state index contributed by atoms with van der Waals surface area (Å²) in [6.07, 6.45) is 3.81. The van der Waals surface area contributed by atoms with Crippen LogP contribution in [-0.4, -0.2) is 53.2 Å². The topological polar surface area (TPSA) is 68.4 Å². The normalized spacial score (nSPS) is 23.5. The van der Waals surface area contributed by atoms with Crippen LogP contribution >= 0.6 is 15.9 Å². The van der Waals surface area contributed by atoms with Crippen molar-refractivity contribution in [1.29, 1.82) is 0 Å². The van der Waals surface area contributed by atoms with Gasteiger partial charge in [-0.05, 0) is 58.6 Å². The number of aromatic amines is 1. The number of fused-ring (bicyclic) bond motifs is 2. The van der Waals surface area contributed by atoms with Gasteiger partial charge in [0.1, 0.15) is 0 Å². The van der Waals surface area contributed by atoms with E-state index in [1.807, 2.05) is 6.92 Å². The molecule has 2 aromatic rings. The highest BCUT2D eigenvalue weighted by molar-refractivity contribution is 9.10. The van der Waals surface area contributed by atoms with E-state index in [0.717, 1.165) is 23.1 Å². The first-order valence-corrected chi connectivity index (χ1v) is 9.95. The number of likely N-dealkylation sites (N-methyl/N-ethyl adjacent to an activating group) is 1. The number of carbonyl (C=O) groups is 1. The summed E-state index contributed by atoms with van der Waals surface area (Å²) in [4.78, 5) is 18.2. The fourth-order valence-electron chi connectivity index (χ4n) is 4.29. The molecule has 0 spiro atoms. The molecule has 2 unspecified atom stereocenters. The highest BCUT2D eigenvalue weighted by Crippen LogP contribution is 2.42. The van der Waals surface area contributed by atoms with Gasteiger partial charge in [-0.2, -0.15) is 0 Å². The molecule has 2 aliphatic rings. The van der Waals surface area contributed by atoms with Crippen LogP contribution in [0.2, 0.25) is 0 Å². The molecule has 1 aromatic carbocycles. The maximum atomic E-state index is 12.4. The Kier molecular flexibility index (Phi) is 4.67. The average Bonchev–Trinajstić information content (AvgIpc) is 2.94. The Morgan fingerprint density at radius 3 is 3.04 bits per heavy atom. The predicted octanol–water partition coefficient (Wildman–Crippen LogP) is 2.69. The molecular weight excluding hydrogens is 394 g/mol. The molecule has 0 fully saturated rings. The number of H-pyrrole nitrogens is 1. The van der Waals surface area contributed by atoms with Crippen LogP contribution in [0.25, 0.3) is 16.5 Å². The van der Waals surface area contributed by atoms with Crippen molar-refractivity contribution in [3.63, 3.8) is 0 Å². The summed E-state index contributed by atoms with van der Waals surface area (Å²) in [5.74, 6) is -0.402. The summed E-state index contributed by atoms with van der Waals surface area (Å²) in [7, 11) is 2.12. The number of amides is 1. The average molecular weight is 418 g/mol. The van der Waals surface area contributed by atoms with Crippen molar-refractivity contribution in [2.75, 3.05) is 20.2 Å². The Balaban J connectivity index is 1.72. The molecule has 3 N–H and O–H groups in total. The largest absolute Gasteiger partial charge is 0.396 e. The quantitative estimate of drug-likeness (QED) is 0.715. The predicted molar refractivity (Wildman–Crippen MR) is 107 cm³/mol. The maximum absolute atomic E-state index is 12.4. The minimum atomic E-state index is -0.335. The Bertz CT molecular complexity index is 885. The number of benzene rings is 1. The van der Waals surface area contributed by atoms with Gasteiger partial charge in [-0.25, -0.2) is 0 Å². The maximum Gasteiger partial charge on any atom is 0.225 e. The number of carbonyl (C=O) groups excluding carboxylic acids is 1. The Hall–Kier alpha value is -1.63. The Morgan fingerprint density at radius 2 is 2.31 bits per heavy atom. The van der Waals surface area contributed by atoms with Crippen molar-refractivity contribution in [2.45, 2.75) is 31.8 Å². The van der Waals surface area contributed by atoms with Crippen LogP contribution in [0.1, 0.15) is 24.5 Å². The zero-order valence-electron chi connectivity index (χ0n) is 15.1. The van der Waals surface area contributed by atoms with E-state index in [1.165, 1.54) is 22.1 Å². The summed E-state index contributed by atoms with van der Waals surface area (Å²) in [5, 5.41) is 13.8. The van der Waals surface area contributed by atoms with Crippen molar-refractivity contribution in [1.82, 2.24) is 15.2 Å². The van der Waals surface area contributed by atoms with Gasteiger partial charge in [0.25, 0.3) is 0 Å². The summed E-state index contributed by atoms with van der Waals surface area (Å²) in [6, 6.07) is 6.62. The van der Waals surface area contributed by atoms with Crippen LogP contribution in [0.3, 0.4) is 0 Å². The van der Waals surface area contributed by atoms with Gasteiger partial charge in [-0.15, -0.1) is 0 Å². The summed E-state index contributed by atoms with van der Waals surface area (Å²) >= 11 is 3.68. The van der Waals surface area contributed by atoms with Crippen LogP contribution in [-0.2, 0) is 11.2 Å². The van der Waals surface area contributed by atoms with Crippen molar-refractivity contribution in [2.24, 2.45) is 5.92 Å². The molecule has 2 heterocycles. The molecule has 138 valence electrons. The molecule has 0 saturated heterocycles. The molecule has 26 heavy (non-hydrogen) atoms. The molecule has 5 nitrogen and oxygen atoms in total. The monoisotopic (exact) mass is 417 g/mol. The van der Waals surface area contributed by atoms with Gasteiger partial charge in [-0.3, -0.25) is 9.69 Å². The first-order valence-electron chi connectivity index (χ1n) is 9.16. The molecule has 4 rings (SSSR count). The molecular formula is C20H24BrN3O2. The Morgan fingerprint density at radius 1 is 1.50 bits per heavy atom. The highest BCUT2D eigenvalue weighted by Gasteiger charge is 2.35. The summed E-state index contributed by atoms with van der Waals surface area (Å²) in [6.45, 7) is 2.59. The second-order valence-corrected chi connectivity index (χ2v) is 8.12. The molecule has 1 aliphatic heterocycles. The van der Waals surface area contributed by atoms with E-state index >= 15 is 0 Å². The van der Waals surface area contributed by atoms with Gasteiger partial charge in [-0.1, -0.05) is 25.1 Å². The smallest absolute Gasteiger partial charge is 0.225 e. The van der Waals surface area contributed by atoms with Gasteiger partial charge >= 0.3 is 0 Å². The summed E-state index contributed by atoms with van der Waals surface area (Å²) in [5.41, 5.74) is 5.00. The van der Waals surface area contributed by atoms with Gasteiger partial charge in [0.05, 0.1) is 23.2 Å². The molecule has 0 saturated carbocycles. The lowest BCUT2D eigenvalue weighted by atomic mass is 9.81. The second-order valence-electron chi connectivity index (χ2n) is 7.33. The molecule has 3 atom stereocenters. The van der Waals surface area contributed by atoms with Gasteiger partial charge in [0.2, 0.25) is 5.91 Å². The Labute approximate surface area is 161 Å². The third kappa shape index (κ3) is 2.80. The van der Waals surface area contributed by atoms with E-state index in [1.54, 1.807) is 0 Å². The molecule has 1 amide bonds. The number of aliphatic hydroxyl groups is 1. The van der Waals surface area contributed by atoms with E-state index in [0.29, 0.717) is 12.5 Å². The van der Waals surface area contributed by atoms with Crippen LogP contribution in [0.4, 0.5) is 0 Å². The number of rotatable bonds is 4. The standard InChI is InChI=1S/C20H24BrN3O2/c1-3-11(10-25)20(26)22-12-7-14-13-5-4-6-16-18(13)15(19(21)23-16)8-17(14)24(2)9-12/h4-7,11-12,17,23,25H,3,8-10H2,1-2H3,(H,22,26)/t11?,12?,17-/m1/s1. The van der Waals surface area contributed by atoms with Crippen LogP contribution in [0, 0.1) is 5.92 Å². The third-order valence-electron chi connectivity index (χ3n) is 5.75. The first-order chi connectivity index (χ1) is 12.5. The van der Waals surface area contributed by atoms with Crippen LogP contribution < -0.4 is 5.32 Å². The molecule has 0 bridgehead atoms. The molecule has 1 aromatic heterocycles. The minimum Gasteiger partial charge on any atom is -0.396 e. The first kappa shape index (κ1) is 17.8. The SMILES string of the molecule is CCC(CO)C(=O)NC1C=C2c3cccc4[nH]c(Br)c(c34)C[C@H]2N(C)C1. The molecule has 6 heteroatoms. The number of halogens is 1. The minimum absolute atomic E-state index is 0.0430. The van der Waals surface area contributed by atoms with Gasteiger partial charge in [0, 0.05) is 23.5 Å². The summed E-state index contributed by atoms with van der Waals surface area (Å²) < 4.78 is 1.07. The van der Waals surface area contributed by atoms with Crippen LogP contribution in [0.15, 0.2) is 28.9 Å². The van der Waals surface area contributed by atoms with Crippen LogP contribution in [0.5, 0.6) is 0 Å². The third-order valence-corrected chi connectivity index (χ3v) is 6.43. The van der Waals surface area contributed by atoms with Crippen molar-refractivity contribution < 1.29 is 9.90 Å². The molecule has 0 radical (unpaired) electrons.